The largest absolute Gasteiger partial charge is 0.472 e. The Morgan fingerprint density at radius 2 is 1.23 bits per heavy atom. The van der Waals surface area contributed by atoms with Crippen molar-refractivity contribution in [1.82, 2.24) is 0 Å². The van der Waals surface area contributed by atoms with Gasteiger partial charge in [-0.1, -0.05) is 70.4 Å². The minimum absolute atomic E-state index is 0.188. The van der Waals surface area contributed by atoms with Gasteiger partial charge in [-0.2, -0.15) is 0 Å². The Bertz CT molecular complexity index is 735. The molecule has 1 fully saturated rings. The van der Waals surface area contributed by atoms with Crippen LogP contribution in [0.4, 0.5) is 0 Å². The van der Waals surface area contributed by atoms with Crippen molar-refractivity contribution in [1.29, 1.82) is 0 Å². The van der Waals surface area contributed by atoms with Gasteiger partial charge in [0.25, 0.3) is 0 Å². The van der Waals surface area contributed by atoms with E-state index in [1.54, 1.807) is 0 Å². The van der Waals surface area contributed by atoms with E-state index < -0.39 is 69.7 Å². The molecule has 0 saturated heterocycles. The summed E-state index contributed by atoms with van der Waals surface area (Å²) in [5, 5.41) is 58.5. The Hall–Kier alpha value is -0.920. The van der Waals surface area contributed by atoms with Gasteiger partial charge in [-0.15, -0.1) is 0 Å². The quantitative estimate of drug-likeness (QED) is 0.0415. The number of carbonyl (C=O) groups excluding carboxylic acids is 1. The molecule has 0 amide bonds. The fourth-order valence-corrected chi connectivity index (χ4v) is 5.31. The maximum Gasteiger partial charge on any atom is 0.472 e. The number of aliphatic hydroxyl groups excluding tert-OH is 6. The molecule has 1 saturated carbocycles. The molecule has 0 aromatic heterocycles. The average Bonchev–Trinajstić information content (AvgIpc) is 2.93. The van der Waals surface area contributed by atoms with Gasteiger partial charge in [0.05, 0.1) is 6.61 Å². The fraction of sp³-hybridized carbons (Fsp3) is 0.889. The third kappa shape index (κ3) is 15.3. The molecule has 0 aromatic rings. The maximum absolute atomic E-state index is 12.1. The lowest BCUT2D eigenvalue weighted by atomic mass is 9.85. The molecule has 1 aliphatic carbocycles. The van der Waals surface area contributed by atoms with E-state index >= 15 is 0 Å². The molecular weight excluding hydrogens is 547 g/mol. The van der Waals surface area contributed by atoms with E-state index in [0.717, 1.165) is 25.7 Å². The first-order valence-electron chi connectivity index (χ1n) is 14.5. The number of phosphoric ester groups is 1. The van der Waals surface area contributed by atoms with Gasteiger partial charge in [-0.3, -0.25) is 13.8 Å². The predicted molar refractivity (Wildman–Crippen MR) is 147 cm³/mol. The second-order valence-electron chi connectivity index (χ2n) is 10.5. The molecule has 0 radical (unpaired) electrons. The van der Waals surface area contributed by atoms with Crippen molar-refractivity contribution in [3.05, 3.63) is 12.2 Å². The number of rotatable bonds is 22. The zero-order valence-electron chi connectivity index (χ0n) is 23.6. The van der Waals surface area contributed by atoms with Crippen LogP contribution >= 0.6 is 7.82 Å². The van der Waals surface area contributed by atoms with E-state index in [0.29, 0.717) is 6.42 Å². The molecule has 0 bridgehead atoms. The molecule has 6 atom stereocenters. The summed E-state index contributed by atoms with van der Waals surface area (Å²) in [5.74, 6) is -0.514. The molecule has 7 N–H and O–H groups in total. The highest BCUT2D eigenvalue weighted by atomic mass is 31.2. The zero-order chi connectivity index (χ0) is 30.0. The summed E-state index contributed by atoms with van der Waals surface area (Å²) < 4.78 is 26.3. The molecule has 12 nitrogen and oxygen atoms in total. The summed E-state index contributed by atoms with van der Waals surface area (Å²) >= 11 is 0. The van der Waals surface area contributed by atoms with E-state index in [1.807, 2.05) is 0 Å². The summed E-state index contributed by atoms with van der Waals surface area (Å²) in [6, 6.07) is 0. The van der Waals surface area contributed by atoms with Crippen molar-refractivity contribution >= 4 is 13.8 Å². The van der Waals surface area contributed by atoms with Crippen LogP contribution in [0.3, 0.4) is 0 Å². The van der Waals surface area contributed by atoms with Crippen molar-refractivity contribution in [3.63, 3.8) is 0 Å². The predicted octanol–water partition coefficient (Wildman–Crippen LogP) is 2.25. The smallest absolute Gasteiger partial charge is 0.463 e. The van der Waals surface area contributed by atoms with Crippen LogP contribution < -0.4 is 0 Å². The summed E-state index contributed by atoms with van der Waals surface area (Å²) in [5.41, 5.74) is 0. The number of unbranched alkanes of at least 4 members (excludes halogenated alkanes) is 11. The Balaban J connectivity index is 2.08. The fourth-order valence-electron chi connectivity index (χ4n) is 4.34. The maximum atomic E-state index is 12.1. The Morgan fingerprint density at radius 1 is 0.750 bits per heavy atom. The lowest BCUT2D eigenvalue weighted by molar-refractivity contribution is -0.220. The van der Waals surface area contributed by atoms with Gasteiger partial charge in [-0.05, 0) is 32.1 Å². The second-order valence-corrected chi connectivity index (χ2v) is 11.9. The zero-order valence-corrected chi connectivity index (χ0v) is 24.5. The van der Waals surface area contributed by atoms with Crippen molar-refractivity contribution in [2.75, 3.05) is 13.2 Å². The van der Waals surface area contributed by atoms with E-state index in [-0.39, 0.29) is 6.42 Å². The van der Waals surface area contributed by atoms with E-state index in [9.17, 15) is 44.9 Å². The van der Waals surface area contributed by atoms with E-state index in [2.05, 4.69) is 28.1 Å². The Labute approximate surface area is 237 Å². The van der Waals surface area contributed by atoms with Gasteiger partial charge in [0.15, 0.2) is 0 Å². The summed E-state index contributed by atoms with van der Waals surface area (Å²) in [4.78, 5) is 21.7. The van der Waals surface area contributed by atoms with Crippen molar-refractivity contribution in [2.45, 2.75) is 140 Å². The SMILES string of the molecule is CCCCCC=CCCCCCCCCCCC(=O)OCC(O)COP(=O)(O)OC1C(O)C(O)C(O)C(O)C1O. The summed E-state index contributed by atoms with van der Waals surface area (Å²) in [7, 11) is -4.98. The second kappa shape index (κ2) is 20.9. The van der Waals surface area contributed by atoms with Crippen LogP contribution in [0, 0.1) is 0 Å². The summed E-state index contributed by atoms with van der Waals surface area (Å²) in [6.07, 6.45) is 6.31. The summed E-state index contributed by atoms with van der Waals surface area (Å²) in [6.45, 7) is 0.956. The van der Waals surface area contributed by atoms with Gasteiger partial charge < -0.3 is 40.3 Å². The number of phosphoric acid groups is 1. The lowest BCUT2D eigenvalue weighted by Gasteiger charge is -2.41. The van der Waals surface area contributed by atoms with E-state index in [1.165, 1.54) is 51.4 Å². The normalized spacial score (nSPS) is 27.5. The minimum Gasteiger partial charge on any atom is -0.463 e. The van der Waals surface area contributed by atoms with Crippen molar-refractivity contribution in [3.8, 4) is 0 Å². The average molecular weight is 599 g/mol. The molecule has 0 aromatic carbocycles. The molecule has 0 aliphatic heterocycles. The van der Waals surface area contributed by atoms with Crippen LogP contribution in [0.1, 0.15) is 96.8 Å². The highest BCUT2D eigenvalue weighted by Gasteiger charge is 2.51. The van der Waals surface area contributed by atoms with Crippen LogP contribution in [0.15, 0.2) is 12.2 Å². The van der Waals surface area contributed by atoms with Crippen molar-refractivity contribution < 1.29 is 58.7 Å². The monoisotopic (exact) mass is 598 g/mol. The lowest BCUT2D eigenvalue weighted by Crippen LogP contribution is -2.64. The molecule has 40 heavy (non-hydrogen) atoms. The third-order valence-electron chi connectivity index (χ3n) is 6.84. The van der Waals surface area contributed by atoms with Crippen LogP contribution in [-0.4, -0.2) is 97.4 Å². The number of aliphatic hydroxyl groups is 6. The number of carbonyl (C=O) groups is 1. The van der Waals surface area contributed by atoms with Crippen LogP contribution in [0.5, 0.6) is 0 Å². The standard InChI is InChI=1S/C27H51O12P/c1-2-3-4-5-6-7-8-9-10-11-12-13-14-15-16-17-21(29)37-18-20(28)19-38-40(35,36)39-27-25(33)23(31)22(30)24(32)26(27)34/h6-7,20,22-28,30-34H,2-5,8-19H2,1H3,(H,35,36). The highest BCUT2D eigenvalue weighted by molar-refractivity contribution is 7.47. The Morgan fingerprint density at radius 3 is 1.77 bits per heavy atom. The van der Waals surface area contributed by atoms with Crippen LogP contribution in [0.2, 0.25) is 0 Å². The van der Waals surface area contributed by atoms with Crippen molar-refractivity contribution in [2.24, 2.45) is 0 Å². The highest BCUT2D eigenvalue weighted by Crippen LogP contribution is 2.47. The van der Waals surface area contributed by atoms with Crippen LogP contribution in [-0.2, 0) is 23.1 Å². The topological polar surface area (TPSA) is 203 Å². The van der Waals surface area contributed by atoms with Gasteiger partial charge in [-0.25, -0.2) is 4.57 Å². The molecule has 0 heterocycles. The number of hydrogen-bond donors (Lipinski definition) is 7. The number of esters is 1. The minimum atomic E-state index is -4.98. The number of hydrogen-bond acceptors (Lipinski definition) is 11. The first-order chi connectivity index (χ1) is 19.0. The number of ether oxygens (including phenoxy) is 1. The van der Waals surface area contributed by atoms with E-state index in [4.69, 9.17) is 4.74 Å². The molecular formula is C27H51O12P. The first kappa shape index (κ1) is 37.1. The first-order valence-corrected chi connectivity index (χ1v) is 16.0. The van der Waals surface area contributed by atoms with Gasteiger partial charge in [0.1, 0.15) is 49.3 Å². The molecule has 1 aliphatic rings. The number of allylic oxidation sites excluding steroid dienone is 2. The molecule has 0 spiro atoms. The molecule has 13 heteroatoms. The van der Waals surface area contributed by atoms with Crippen LogP contribution in [0.25, 0.3) is 0 Å². The van der Waals surface area contributed by atoms with Gasteiger partial charge in [0.2, 0.25) is 0 Å². The van der Waals surface area contributed by atoms with Gasteiger partial charge >= 0.3 is 13.8 Å². The third-order valence-corrected chi connectivity index (χ3v) is 7.82. The molecule has 236 valence electrons. The molecule has 1 rings (SSSR count). The Kier molecular flexibility index (Phi) is 19.4. The molecule has 6 unspecified atom stereocenters. The van der Waals surface area contributed by atoms with Gasteiger partial charge in [0, 0.05) is 6.42 Å².